The molecule has 0 saturated heterocycles. The molecule has 2 aromatic rings. The van der Waals surface area contributed by atoms with Crippen molar-refractivity contribution in [2.75, 3.05) is 18.9 Å². The number of fused-ring (bicyclic) bond motifs is 1. The van der Waals surface area contributed by atoms with Crippen LogP contribution in [0.4, 0.5) is 5.82 Å². The molecule has 1 aromatic heterocycles. The fraction of sp³-hybridized carbons (Fsp3) is 0.333. The number of hydrogen-bond donors (Lipinski definition) is 2. The number of benzene rings is 1. The Labute approximate surface area is 136 Å². The van der Waals surface area contributed by atoms with Crippen molar-refractivity contribution in [3.63, 3.8) is 0 Å². The molecule has 1 heterocycles. The molecule has 1 aliphatic carbocycles. The molecule has 1 aromatic carbocycles. The molecule has 5 nitrogen and oxygen atoms in total. The van der Waals surface area contributed by atoms with Crippen molar-refractivity contribution in [3.05, 3.63) is 59.3 Å². The van der Waals surface area contributed by atoms with E-state index in [0.717, 1.165) is 23.2 Å². The van der Waals surface area contributed by atoms with Crippen LogP contribution in [0, 0.1) is 6.92 Å². The van der Waals surface area contributed by atoms with E-state index in [0.29, 0.717) is 5.82 Å². The molecule has 0 unspecified atom stereocenters. The van der Waals surface area contributed by atoms with Gasteiger partial charge in [-0.25, -0.2) is 4.98 Å². The maximum absolute atomic E-state index is 12.2. The number of hydrogen-bond acceptors (Lipinski definition) is 4. The zero-order valence-electron chi connectivity index (χ0n) is 13.4. The van der Waals surface area contributed by atoms with Gasteiger partial charge in [0.05, 0.1) is 12.6 Å². The Morgan fingerprint density at radius 2 is 2.09 bits per heavy atom. The summed E-state index contributed by atoms with van der Waals surface area (Å²) in [4.78, 5) is 18.4. The van der Waals surface area contributed by atoms with Crippen LogP contribution in [0.2, 0.25) is 0 Å². The van der Waals surface area contributed by atoms with Crippen LogP contribution < -0.4 is 5.32 Å². The zero-order valence-corrected chi connectivity index (χ0v) is 13.4. The number of amides is 1. The standard InChI is InChI=1S/C18H21N3O2/c1-12-6-5-9-16(19-12)20-17(22)11-21(2)15-10-13-7-3-4-8-14(13)18(15)23/h3-9,15,18,23H,10-11H2,1-2H3,(H,19,20,22)/t15-,18-/m1/s1. The summed E-state index contributed by atoms with van der Waals surface area (Å²) >= 11 is 0. The topological polar surface area (TPSA) is 65.5 Å². The van der Waals surface area contributed by atoms with Gasteiger partial charge in [-0.2, -0.15) is 0 Å². The third-order valence-corrected chi connectivity index (χ3v) is 4.28. The number of likely N-dealkylation sites (N-methyl/N-ethyl adjacent to an activating group) is 1. The Hall–Kier alpha value is -2.24. The Morgan fingerprint density at radius 3 is 2.83 bits per heavy atom. The van der Waals surface area contributed by atoms with Gasteiger partial charge in [0, 0.05) is 11.7 Å². The molecule has 0 spiro atoms. The highest BCUT2D eigenvalue weighted by Crippen LogP contribution is 2.33. The monoisotopic (exact) mass is 311 g/mol. The van der Waals surface area contributed by atoms with Crippen molar-refractivity contribution >= 4 is 11.7 Å². The number of anilines is 1. The van der Waals surface area contributed by atoms with E-state index in [1.54, 1.807) is 6.07 Å². The van der Waals surface area contributed by atoms with E-state index >= 15 is 0 Å². The molecule has 0 bridgehead atoms. The zero-order chi connectivity index (χ0) is 16.4. The minimum Gasteiger partial charge on any atom is -0.387 e. The van der Waals surface area contributed by atoms with Crippen LogP contribution in [-0.4, -0.2) is 40.5 Å². The molecule has 1 aliphatic rings. The summed E-state index contributed by atoms with van der Waals surface area (Å²) in [5.74, 6) is 0.424. The average Bonchev–Trinajstić information content (AvgIpc) is 2.85. The van der Waals surface area contributed by atoms with Gasteiger partial charge < -0.3 is 10.4 Å². The van der Waals surface area contributed by atoms with Gasteiger partial charge in [0.2, 0.25) is 5.91 Å². The normalized spacial score (nSPS) is 19.7. The fourth-order valence-electron chi connectivity index (χ4n) is 3.09. The van der Waals surface area contributed by atoms with Crippen LogP contribution in [0.1, 0.15) is 22.9 Å². The summed E-state index contributed by atoms with van der Waals surface area (Å²) < 4.78 is 0. The van der Waals surface area contributed by atoms with Gasteiger partial charge in [-0.3, -0.25) is 9.69 Å². The van der Waals surface area contributed by atoms with Crippen LogP contribution in [0.3, 0.4) is 0 Å². The molecule has 0 aliphatic heterocycles. The van der Waals surface area contributed by atoms with Crippen LogP contribution in [0.25, 0.3) is 0 Å². The predicted octanol–water partition coefficient (Wildman–Crippen LogP) is 1.92. The highest BCUT2D eigenvalue weighted by molar-refractivity contribution is 5.91. The van der Waals surface area contributed by atoms with Gasteiger partial charge in [-0.05, 0) is 43.7 Å². The highest BCUT2D eigenvalue weighted by atomic mass is 16.3. The molecule has 0 saturated carbocycles. The first kappa shape index (κ1) is 15.6. The summed E-state index contributed by atoms with van der Waals surface area (Å²) in [6, 6.07) is 13.3. The number of carbonyl (C=O) groups is 1. The van der Waals surface area contributed by atoms with Crippen LogP contribution in [-0.2, 0) is 11.2 Å². The molecule has 0 fully saturated rings. The van der Waals surface area contributed by atoms with E-state index in [1.807, 2.05) is 55.3 Å². The lowest BCUT2D eigenvalue weighted by molar-refractivity contribution is -0.118. The van der Waals surface area contributed by atoms with E-state index in [2.05, 4.69) is 10.3 Å². The first-order chi connectivity index (χ1) is 11.0. The van der Waals surface area contributed by atoms with E-state index in [-0.39, 0.29) is 18.5 Å². The molecule has 23 heavy (non-hydrogen) atoms. The number of nitrogens with zero attached hydrogens (tertiary/aromatic N) is 2. The summed E-state index contributed by atoms with van der Waals surface area (Å²) in [6.45, 7) is 2.10. The van der Waals surface area contributed by atoms with Crippen molar-refractivity contribution in [3.8, 4) is 0 Å². The smallest absolute Gasteiger partial charge is 0.239 e. The van der Waals surface area contributed by atoms with Crippen molar-refractivity contribution in [1.29, 1.82) is 0 Å². The SMILES string of the molecule is Cc1cccc(NC(=O)CN(C)[C@@H]2Cc3ccccc3[C@H]2O)n1. The van der Waals surface area contributed by atoms with Crippen LogP contribution in [0.15, 0.2) is 42.5 Å². The summed E-state index contributed by atoms with van der Waals surface area (Å²) in [5, 5.41) is 13.3. The highest BCUT2D eigenvalue weighted by Gasteiger charge is 2.33. The quantitative estimate of drug-likeness (QED) is 0.905. The summed E-state index contributed by atoms with van der Waals surface area (Å²) in [6.07, 6.45) is 0.199. The number of rotatable bonds is 4. The Balaban J connectivity index is 1.61. The second-order valence-corrected chi connectivity index (χ2v) is 6.04. The van der Waals surface area contributed by atoms with E-state index in [4.69, 9.17) is 0 Å². The minimum absolute atomic E-state index is 0.0800. The number of aromatic nitrogens is 1. The van der Waals surface area contributed by atoms with Crippen LogP contribution in [0.5, 0.6) is 0 Å². The first-order valence-electron chi connectivity index (χ1n) is 7.74. The van der Waals surface area contributed by atoms with Gasteiger partial charge in [0.1, 0.15) is 5.82 Å². The van der Waals surface area contributed by atoms with Crippen molar-refractivity contribution in [2.24, 2.45) is 0 Å². The Bertz CT molecular complexity index is 717. The average molecular weight is 311 g/mol. The van der Waals surface area contributed by atoms with Crippen molar-refractivity contribution < 1.29 is 9.90 Å². The van der Waals surface area contributed by atoms with Crippen molar-refractivity contribution in [2.45, 2.75) is 25.5 Å². The number of pyridine rings is 1. The minimum atomic E-state index is -0.555. The lowest BCUT2D eigenvalue weighted by Gasteiger charge is -2.26. The Kier molecular flexibility index (Phi) is 4.41. The lowest BCUT2D eigenvalue weighted by atomic mass is 10.1. The Morgan fingerprint density at radius 1 is 1.30 bits per heavy atom. The molecule has 120 valence electrons. The number of nitrogens with one attached hydrogen (secondary N) is 1. The van der Waals surface area contributed by atoms with Gasteiger partial charge >= 0.3 is 0 Å². The van der Waals surface area contributed by atoms with E-state index < -0.39 is 6.10 Å². The molecule has 5 heteroatoms. The fourth-order valence-corrected chi connectivity index (χ4v) is 3.09. The number of carbonyl (C=O) groups excluding carboxylic acids is 1. The first-order valence-corrected chi connectivity index (χ1v) is 7.74. The van der Waals surface area contributed by atoms with Gasteiger partial charge in [0.25, 0.3) is 0 Å². The van der Waals surface area contributed by atoms with Crippen LogP contribution >= 0.6 is 0 Å². The molecule has 3 rings (SSSR count). The maximum atomic E-state index is 12.2. The summed E-state index contributed by atoms with van der Waals surface area (Å²) in [5.41, 5.74) is 2.97. The molecule has 2 N–H and O–H groups in total. The van der Waals surface area contributed by atoms with Gasteiger partial charge in [-0.1, -0.05) is 30.3 Å². The largest absolute Gasteiger partial charge is 0.387 e. The third kappa shape index (κ3) is 3.41. The van der Waals surface area contributed by atoms with E-state index in [1.165, 1.54) is 0 Å². The summed E-state index contributed by atoms with van der Waals surface area (Å²) in [7, 11) is 1.86. The molecule has 2 atom stereocenters. The number of aliphatic hydroxyl groups excluding tert-OH is 1. The number of aryl methyl sites for hydroxylation is 1. The second-order valence-electron chi connectivity index (χ2n) is 6.04. The molecule has 1 amide bonds. The number of aliphatic hydroxyl groups is 1. The van der Waals surface area contributed by atoms with Crippen molar-refractivity contribution in [1.82, 2.24) is 9.88 Å². The third-order valence-electron chi connectivity index (χ3n) is 4.28. The second kappa shape index (κ2) is 6.48. The lowest BCUT2D eigenvalue weighted by Crippen LogP contribution is -2.40. The van der Waals surface area contributed by atoms with E-state index in [9.17, 15) is 9.90 Å². The van der Waals surface area contributed by atoms with Gasteiger partial charge in [-0.15, -0.1) is 0 Å². The molecule has 0 radical (unpaired) electrons. The molecular weight excluding hydrogens is 290 g/mol. The maximum Gasteiger partial charge on any atom is 0.239 e. The predicted molar refractivity (Wildman–Crippen MR) is 89.1 cm³/mol. The molecular formula is C18H21N3O2. The van der Waals surface area contributed by atoms with Gasteiger partial charge in [0.15, 0.2) is 0 Å².